The molecule has 2 rings (SSSR count). The zero-order valence-corrected chi connectivity index (χ0v) is 19.1. The van der Waals surface area contributed by atoms with Crippen LogP contribution in [0.4, 0.5) is 4.39 Å². The average molecular weight is 509 g/mol. The van der Waals surface area contributed by atoms with Crippen LogP contribution in [0.2, 0.25) is 0 Å². The van der Waals surface area contributed by atoms with Crippen molar-refractivity contribution in [2.45, 2.75) is 45.3 Å². The van der Waals surface area contributed by atoms with Crippen molar-refractivity contribution in [1.29, 1.82) is 0 Å². The van der Waals surface area contributed by atoms with Crippen molar-refractivity contribution in [2.24, 2.45) is 4.99 Å². The van der Waals surface area contributed by atoms with Crippen LogP contribution >= 0.6 is 24.0 Å². The van der Waals surface area contributed by atoms with Gasteiger partial charge in [0.15, 0.2) is 17.5 Å². The van der Waals surface area contributed by atoms with Gasteiger partial charge in [-0.05, 0) is 38.3 Å². The quantitative estimate of drug-likeness (QED) is 0.207. The van der Waals surface area contributed by atoms with Gasteiger partial charge in [-0.15, -0.1) is 24.0 Å². The zero-order chi connectivity index (χ0) is 19.3. The maximum atomic E-state index is 13.8. The maximum absolute atomic E-state index is 13.8. The van der Waals surface area contributed by atoms with E-state index in [1.165, 1.54) is 6.07 Å². The molecule has 2 unspecified atom stereocenters. The van der Waals surface area contributed by atoms with Crippen LogP contribution in [0.25, 0.3) is 0 Å². The van der Waals surface area contributed by atoms with Crippen molar-refractivity contribution in [3.05, 3.63) is 30.1 Å². The van der Waals surface area contributed by atoms with E-state index in [0.29, 0.717) is 19.8 Å². The Morgan fingerprint density at radius 2 is 2.14 bits per heavy atom. The molecule has 2 N–H and O–H groups in total. The van der Waals surface area contributed by atoms with E-state index in [0.717, 1.165) is 44.9 Å². The van der Waals surface area contributed by atoms with Gasteiger partial charge in [0.1, 0.15) is 6.10 Å². The number of halogens is 2. The summed E-state index contributed by atoms with van der Waals surface area (Å²) in [5.41, 5.74) is 0. The fraction of sp³-hybridized carbons (Fsp3) is 0.650. The van der Waals surface area contributed by atoms with Crippen LogP contribution < -0.4 is 15.4 Å². The molecule has 1 fully saturated rings. The Kier molecular flexibility index (Phi) is 13.2. The van der Waals surface area contributed by atoms with Gasteiger partial charge < -0.3 is 24.8 Å². The van der Waals surface area contributed by atoms with Crippen molar-refractivity contribution in [2.75, 3.05) is 39.5 Å². The lowest BCUT2D eigenvalue weighted by atomic mass is 10.2. The Morgan fingerprint density at radius 3 is 2.82 bits per heavy atom. The topological polar surface area (TPSA) is 64.1 Å². The first kappa shape index (κ1) is 24.9. The molecule has 1 saturated heterocycles. The minimum absolute atomic E-state index is 0. The summed E-state index contributed by atoms with van der Waals surface area (Å²) in [7, 11) is 0. The molecule has 0 spiro atoms. The second kappa shape index (κ2) is 14.8. The van der Waals surface area contributed by atoms with E-state index in [1.54, 1.807) is 18.2 Å². The Labute approximate surface area is 184 Å². The molecule has 6 nitrogen and oxygen atoms in total. The highest BCUT2D eigenvalue weighted by atomic mass is 127. The molecule has 0 saturated carbocycles. The fourth-order valence-electron chi connectivity index (χ4n) is 2.68. The molecule has 1 aromatic rings. The van der Waals surface area contributed by atoms with Gasteiger partial charge in [0, 0.05) is 26.3 Å². The molecular formula is C20H33FIN3O3. The molecule has 160 valence electrons. The summed E-state index contributed by atoms with van der Waals surface area (Å²) in [6, 6.07) is 6.45. The predicted octanol–water partition coefficient (Wildman–Crippen LogP) is 3.35. The molecule has 8 heteroatoms. The molecule has 0 amide bonds. The smallest absolute Gasteiger partial charge is 0.191 e. The van der Waals surface area contributed by atoms with Crippen molar-refractivity contribution in [3.63, 3.8) is 0 Å². The number of hydrogen-bond acceptors (Lipinski definition) is 4. The molecule has 1 aliphatic rings. The molecule has 1 aliphatic heterocycles. The van der Waals surface area contributed by atoms with E-state index in [2.05, 4.69) is 15.6 Å². The van der Waals surface area contributed by atoms with Gasteiger partial charge in [-0.3, -0.25) is 0 Å². The number of para-hydroxylation sites is 1. The van der Waals surface area contributed by atoms with Crippen molar-refractivity contribution >= 4 is 29.9 Å². The van der Waals surface area contributed by atoms with E-state index in [-0.39, 0.29) is 47.8 Å². The van der Waals surface area contributed by atoms with Gasteiger partial charge in [0.05, 0.1) is 19.3 Å². The number of benzene rings is 1. The highest BCUT2D eigenvalue weighted by Gasteiger charge is 2.15. The average Bonchev–Trinajstić information content (AvgIpc) is 3.19. The lowest BCUT2D eigenvalue weighted by molar-refractivity contribution is 0.0420. The van der Waals surface area contributed by atoms with E-state index >= 15 is 0 Å². The van der Waals surface area contributed by atoms with Gasteiger partial charge in [0.25, 0.3) is 0 Å². The lowest BCUT2D eigenvalue weighted by Crippen LogP contribution is -2.39. The van der Waals surface area contributed by atoms with E-state index in [9.17, 15) is 4.39 Å². The number of nitrogens with one attached hydrogen (secondary N) is 2. The van der Waals surface area contributed by atoms with E-state index < -0.39 is 0 Å². The summed E-state index contributed by atoms with van der Waals surface area (Å²) in [5, 5.41) is 6.52. The normalized spacial score (nSPS) is 17.7. The number of nitrogens with zero attached hydrogens (tertiary/aromatic N) is 1. The molecule has 1 aromatic carbocycles. The van der Waals surface area contributed by atoms with E-state index in [4.69, 9.17) is 14.2 Å². The lowest BCUT2D eigenvalue weighted by Gasteiger charge is -2.18. The Bertz CT molecular complexity index is 571. The molecule has 2 atom stereocenters. The molecule has 0 radical (unpaired) electrons. The standard InChI is InChI=1S/C20H32FN3O3.HI/c1-3-16(27-19-9-6-5-8-18(19)21)14-24-20(22-4-2)23-11-7-12-26-17-10-13-25-15-17;/h5-6,8-9,16-17H,3-4,7,10-15H2,1-2H3,(H2,22,23,24);1H. The molecule has 1 heterocycles. The van der Waals surface area contributed by atoms with Crippen LogP contribution in [-0.2, 0) is 9.47 Å². The second-order valence-corrected chi connectivity index (χ2v) is 6.43. The highest BCUT2D eigenvalue weighted by Crippen LogP contribution is 2.18. The predicted molar refractivity (Wildman–Crippen MR) is 120 cm³/mol. The van der Waals surface area contributed by atoms with Crippen molar-refractivity contribution < 1.29 is 18.6 Å². The van der Waals surface area contributed by atoms with Gasteiger partial charge in [0.2, 0.25) is 0 Å². The number of guanidine groups is 1. The second-order valence-electron chi connectivity index (χ2n) is 6.43. The number of ether oxygens (including phenoxy) is 3. The maximum Gasteiger partial charge on any atom is 0.191 e. The Morgan fingerprint density at radius 1 is 1.32 bits per heavy atom. The SMILES string of the molecule is CCNC(=NCC(CC)Oc1ccccc1F)NCCCOC1CCOC1.I. The summed E-state index contributed by atoms with van der Waals surface area (Å²) >= 11 is 0. The monoisotopic (exact) mass is 509 g/mol. The van der Waals surface area contributed by atoms with E-state index in [1.807, 2.05) is 13.8 Å². The first-order valence-electron chi connectivity index (χ1n) is 9.85. The van der Waals surface area contributed by atoms with Gasteiger partial charge in [-0.1, -0.05) is 19.1 Å². The highest BCUT2D eigenvalue weighted by molar-refractivity contribution is 14.0. The fourth-order valence-corrected chi connectivity index (χ4v) is 2.68. The summed E-state index contributed by atoms with van der Waals surface area (Å²) < 4.78 is 30.6. The third-order valence-corrected chi connectivity index (χ3v) is 4.24. The van der Waals surface area contributed by atoms with Gasteiger partial charge >= 0.3 is 0 Å². The van der Waals surface area contributed by atoms with Crippen molar-refractivity contribution in [3.8, 4) is 5.75 Å². The first-order chi connectivity index (χ1) is 13.2. The Hall–Kier alpha value is -1.13. The van der Waals surface area contributed by atoms with Crippen LogP contribution in [0.5, 0.6) is 5.75 Å². The third kappa shape index (κ3) is 9.38. The first-order valence-corrected chi connectivity index (χ1v) is 9.85. The van der Waals surface area contributed by atoms with Crippen LogP contribution in [0.3, 0.4) is 0 Å². The largest absolute Gasteiger partial charge is 0.485 e. The Balaban J connectivity index is 0.00000392. The summed E-state index contributed by atoms with van der Waals surface area (Å²) in [4.78, 5) is 4.57. The minimum atomic E-state index is -0.349. The van der Waals surface area contributed by atoms with Gasteiger partial charge in [-0.2, -0.15) is 0 Å². The number of hydrogen-bond donors (Lipinski definition) is 2. The van der Waals surface area contributed by atoms with Crippen LogP contribution in [-0.4, -0.2) is 57.6 Å². The zero-order valence-electron chi connectivity index (χ0n) is 16.8. The summed E-state index contributed by atoms with van der Waals surface area (Å²) in [6.07, 6.45) is 2.69. The van der Waals surface area contributed by atoms with Crippen LogP contribution in [0, 0.1) is 5.82 Å². The molecule has 0 bridgehead atoms. The molecule has 0 aliphatic carbocycles. The van der Waals surface area contributed by atoms with Crippen LogP contribution in [0.1, 0.15) is 33.1 Å². The molecular weight excluding hydrogens is 476 g/mol. The third-order valence-electron chi connectivity index (χ3n) is 4.24. The minimum Gasteiger partial charge on any atom is -0.485 e. The van der Waals surface area contributed by atoms with Crippen molar-refractivity contribution in [1.82, 2.24) is 10.6 Å². The number of aliphatic imine (C=N–C) groups is 1. The number of rotatable bonds is 11. The summed E-state index contributed by atoms with van der Waals surface area (Å²) in [6.45, 7) is 8.23. The molecule has 0 aromatic heterocycles. The van der Waals surface area contributed by atoms with Crippen LogP contribution in [0.15, 0.2) is 29.3 Å². The summed E-state index contributed by atoms with van der Waals surface area (Å²) in [5.74, 6) is 0.653. The van der Waals surface area contributed by atoms with Gasteiger partial charge in [-0.25, -0.2) is 9.38 Å². The molecule has 28 heavy (non-hydrogen) atoms.